The monoisotopic (exact) mass is 231 g/mol. The van der Waals surface area contributed by atoms with Crippen LogP contribution in [0.15, 0.2) is 18.4 Å². The van der Waals surface area contributed by atoms with Gasteiger partial charge in [0.25, 0.3) is 0 Å². The minimum absolute atomic E-state index is 0.00222. The molecule has 1 atom stereocenters. The molecule has 5 nitrogen and oxygen atoms in total. The van der Waals surface area contributed by atoms with Crippen LogP contribution < -0.4 is 10.5 Å². The Morgan fingerprint density at radius 1 is 1.53 bits per heavy atom. The lowest BCUT2D eigenvalue weighted by molar-refractivity contribution is 0.458. The zero-order valence-electron chi connectivity index (χ0n) is 9.42. The van der Waals surface area contributed by atoms with Gasteiger partial charge in [-0.25, -0.2) is 0 Å². The molecule has 0 aliphatic carbocycles. The van der Waals surface area contributed by atoms with Crippen molar-refractivity contribution in [3.05, 3.63) is 24.1 Å². The fourth-order valence-electron chi connectivity index (χ4n) is 2.07. The summed E-state index contributed by atoms with van der Waals surface area (Å²) in [5.74, 6) is 0.800. The van der Waals surface area contributed by atoms with Crippen molar-refractivity contribution in [1.29, 1.82) is 0 Å². The molecule has 1 aliphatic heterocycles. The SMILES string of the molecule is CC(N)Cn1nc2c3c(cc(O)cc31)OC=C2. The van der Waals surface area contributed by atoms with Gasteiger partial charge in [0.15, 0.2) is 0 Å². The third kappa shape index (κ3) is 1.55. The van der Waals surface area contributed by atoms with Crippen LogP contribution in [-0.2, 0) is 6.54 Å². The number of rotatable bonds is 2. The Hall–Kier alpha value is -2.01. The zero-order chi connectivity index (χ0) is 12.0. The molecule has 0 bridgehead atoms. The fraction of sp³-hybridized carbons (Fsp3) is 0.250. The predicted octanol–water partition coefficient (Wildman–Crippen LogP) is 1.45. The first-order valence-corrected chi connectivity index (χ1v) is 5.47. The van der Waals surface area contributed by atoms with E-state index in [2.05, 4.69) is 5.10 Å². The lowest BCUT2D eigenvalue weighted by atomic mass is 10.1. The maximum Gasteiger partial charge on any atom is 0.141 e. The van der Waals surface area contributed by atoms with Crippen molar-refractivity contribution in [2.45, 2.75) is 19.5 Å². The van der Waals surface area contributed by atoms with Crippen molar-refractivity contribution in [3.8, 4) is 11.5 Å². The zero-order valence-corrected chi connectivity index (χ0v) is 9.42. The van der Waals surface area contributed by atoms with E-state index in [-0.39, 0.29) is 11.8 Å². The highest BCUT2D eigenvalue weighted by Crippen LogP contribution is 2.36. The van der Waals surface area contributed by atoms with Crippen molar-refractivity contribution in [2.75, 3.05) is 0 Å². The second-order valence-corrected chi connectivity index (χ2v) is 4.30. The van der Waals surface area contributed by atoms with Gasteiger partial charge in [-0.05, 0) is 6.92 Å². The van der Waals surface area contributed by atoms with Gasteiger partial charge in [0, 0.05) is 24.3 Å². The molecule has 2 aromatic rings. The second kappa shape index (κ2) is 3.49. The van der Waals surface area contributed by atoms with E-state index in [1.165, 1.54) is 0 Å². The van der Waals surface area contributed by atoms with Gasteiger partial charge in [-0.15, -0.1) is 0 Å². The number of phenols is 1. The summed E-state index contributed by atoms with van der Waals surface area (Å²) in [6.45, 7) is 2.52. The highest BCUT2D eigenvalue weighted by Gasteiger charge is 2.18. The van der Waals surface area contributed by atoms with Crippen LogP contribution in [0, 0.1) is 0 Å². The quantitative estimate of drug-likeness (QED) is 0.820. The molecular formula is C12H13N3O2. The molecule has 1 unspecified atom stereocenters. The van der Waals surface area contributed by atoms with Crippen LogP contribution in [0.25, 0.3) is 17.0 Å². The van der Waals surface area contributed by atoms with Gasteiger partial charge in [-0.3, -0.25) is 4.68 Å². The average molecular weight is 231 g/mol. The molecular weight excluding hydrogens is 218 g/mol. The molecule has 0 radical (unpaired) electrons. The third-order valence-corrected chi connectivity index (χ3v) is 2.71. The molecule has 1 aromatic carbocycles. The summed E-state index contributed by atoms with van der Waals surface area (Å²) in [6, 6.07) is 3.27. The summed E-state index contributed by atoms with van der Waals surface area (Å²) < 4.78 is 7.17. The first-order chi connectivity index (χ1) is 8.15. The van der Waals surface area contributed by atoms with Crippen LogP contribution >= 0.6 is 0 Å². The number of benzene rings is 1. The molecule has 0 saturated carbocycles. The maximum absolute atomic E-state index is 9.66. The van der Waals surface area contributed by atoms with Crippen LogP contribution in [0.3, 0.4) is 0 Å². The number of hydrogen-bond donors (Lipinski definition) is 2. The summed E-state index contributed by atoms with van der Waals surface area (Å²) in [5.41, 5.74) is 7.48. The molecule has 3 rings (SSSR count). The topological polar surface area (TPSA) is 73.3 Å². The van der Waals surface area contributed by atoms with Crippen LogP contribution in [0.4, 0.5) is 0 Å². The van der Waals surface area contributed by atoms with Crippen LogP contribution in [0.5, 0.6) is 11.5 Å². The molecule has 0 spiro atoms. The highest BCUT2D eigenvalue weighted by molar-refractivity contribution is 5.94. The van der Waals surface area contributed by atoms with Gasteiger partial charge in [0.05, 0.1) is 29.4 Å². The summed E-state index contributed by atoms with van der Waals surface area (Å²) in [6.07, 6.45) is 3.38. The van der Waals surface area contributed by atoms with E-state index in [4.69, 9.17) is 10.5 Å². The number of ether oxygens (including phenoxy) is 1. The first-order valence-electron chi connectivity index (χ1n) is 5.47. The van der Waals surface area contributed by atoms with E-state index in [9.17, 15) is 5.11 Å². The van der Waals surface area contributed by atoms with Crippen LogP contribution in [0.2, 0.25) is 0 Å². The van der Waals surface area contributed by atoms with E-state index in [1.807, 2.05) is 13.0 Å². The molecule has 5 heteroatoms. The van der Waals surface area contributed by atoms with Gasteiger partial charge < -0.3 is 15.6 Å². The summed E-state index contributed by atoms with van der Waals surface area (Å²) in [7, 11) is 0. The molecule has 88 valence electrons. The molecule has 1 aromatic heterocycles. The number of aromatic nitrogens is 2. The molecule has 3 N–H and O–H groups in total. The summed E-state index contributed by atoms with van der Waals surface area (Å²) in [4.78, 5) is 0. The van der Waals surface area contributed by atoms with Gasteiger partial charge >= 0.3 is 0 Å². The van der Waals surface area contributed by atoms with E-state index in [1.54, 1.807) is 23.1 Å². The Bertz CT molecular complexity index is 614. The first kappa shape index (κ1) is 10.2. The van der Waals surface area contributed by atoms with Gasteiger partial charge in [-0.2, -0.15) is 5.10 Å². The van der Waals surface area contributed by atoms with Crippen LogP contribution in [0.1, 0.15) is 12.6 Å². The Morgan fingerprint density at radius 2 is 2.35 bits per heavy atom. The maximum atomic E-state index is 9.66. The van der Waals surface area contributed by atoms with Gasteiger partial charge in [-0.1, -0.05) is 0 Å². The number of aromatic hydroxyl groups is 1. The van der Waals surface area contributed by atoms with Gasteiger partial charge in [0.2, 0.25) is 0 Å². The van der Waals surface area contributed by atoms with E-state index < -0.39 is 0 Å². The second-order valence-electron chi connectivity index (χ2n) is 4.30. The Balaban J connectivity index is 2.29. The number of phenolic OH excluding ortho intramolecular Hbond substituents is 1. The van der Waals surface area contributed by atoms with Gasteiger partial charge in [0.1, 0.15) is 11.5 Å². The molecule has 1 aliphatic rings. The average Bonchev–Trinajstić information content (AvgIpc) is 2.57. The van der Waals surface area contributed by atoms with Crippen LogP contribution in [-0.4, -0.2) is 20.9 Å². The highest BCUT2D eigenvalue weighted by atomic mass is 16.5. The van der Waals surface area contributed by atoms with E-state index in [0.717, 1.165) is 16.6 Å². The summed E-state index contributed by atoms with van der Waals surface area (Å²) in [5, 5.41) is 15.0. The molecule has 0 saturated heterocycles. The summed E-state index contributed by atoms with van der Waals surface area (Å²) >= 11 is 0. The van der Waals surface area contributed by atoms with E-state index in [0.29, 0.717) is 12.3 Å². The van der Waals surface area contributed by atoms with Crippen molar-refractivity contribution in [3.63, 3.8) is 0 Å². The smallest absolute Gasteiger partial charge is 0.141 e. The van der Waals surface area contributed by atoms with Crippen molar-refractivity contribution < 1.29 is 9.84 Å². The fourth-order valence-corrected chi connectivity index (χ4v) is 2.07. The minimum atomic E-state index is 0.00222. The standard InChI is InChI=1S/C12H13N3O2/c1-7(13)6-15-10-4-8(16)5-11-12(10)9(14-15)2-3-17-11/h2-5,7,16H,6,13H2,1H3. The van der Waals surface area contributed by atoms with Crippen molar-refractivity contribution in [1.82, 2.24) is 9.78 Å². The number of nitrogens with two attached hydrogens (primary N) is 1. The number of hydrogen-bond acceptors (Lipinski definition) is 4. The van der Waals surface area contributed by atoms with E-state index >= 15 is 0 Å². The molecule has 0 fully saturated rings. The Labute approximate surface area is 98.1 Å². The van der Waals surface area contributed by atoms with Crippen molar-refractivity contribution >= 4 is 17.0 Å². The lowest BCUT2D eigenvalue weighted by Gasteiger charge is -2.09. The molecule has 17 heavy (non-hydrogen) atoms. The largest absolute Gasteiger partial charge is 0.508 e. The normalized spacial score (nSPS) is 14.9. The minimum Gasteiger partial charge on any atom is -0.508 e. The third-order valence-electron chi connectivity index (χ3n) is 2.71. The Morgan fingerprint density at radius 3 is 3.12 bits per heavy atom. The number of nitrogens with zero attached hydrogens (tertiary/aromatic N) is 2. The predicted molar refractivity (Wildman–Crippen MR) is 64.7 cm³/mol. The lowest BCUT2D eigenvalue weighted by Crippen LogP contribution is -2.22. The van der Waals surface area contributed by atoms with Crippen molar-refractivity contribution in [2.24, 2.45) is 5.73 Å². The molecule has 0 amide bonds. The molecule has 2 heterocycles. The Kier molecular flexibility index (Phi) is 2.09.